The zero-order valence-corrected chi connectivity index (χ0v) is 9.21. The van der Waals surface area contributed by atoms with Crippen molar-refractivity contribution in [1.29, 1.82) is 0 Å². The minimum absolute atomic E-state index is 0.150. The Kier molecular flexibility index (Phi) is 3.73. The Morgan fingerprint density at radius 1 is 1.38 bits per heavy atom. The van der Waals surface area contributed by atoms with Gasteiger partial charge < -0.3 is 15.5 Å². The lowest BCUT2D eigenvalue weighted by molar-refractivity contribution is -0.116. The highest BCUT2D eigenvalue weighted by molar-refractivity contribution is 6.47. The number of rotatable bonds is 3. The van der Waals surface area contributed by atoms with Crippen LogP contribution in [0, 0.1) is 0 Å². The van der Waals surface area contributed by atoms with E-state index in [9.17, 15) is 14.7 Å². The largest absolute Gasteiger partial charge is 0.504 e. The second-order valence-corrected chi connectivity index (χ2v) is 3.36. The first-order valence-electron chi connectivity index (χ1n) is 4.52. The van der Waals surface area contributed by atoms with Gasteiger partial charge in [0.05, 0.1) is 10.6 Å². The molecule has 0 bridgehead atoms. The quantitative estimate of drug-likeness (QED) is 0.421. The topological polar surface area (TPSA) is 86.6 Å². The predicted molar refractivity (Wildman–Crippen MR) is 57.8 cm³/mol. The van der Waals surface area contributed by atoms with Crippen molar-refractivity contribution in [3.8, 4) is 11.5 Å². The molecule has 0 unspecified atom stereocenters. The number of nitrogens with one attached hydrogen (secondary N) is 1. The molecule has 0 aromatic heterocycles. The molecule has 1 aromatic rings. The first-order valence-corrected chi connectivity index (χ1v) is 4.89. The predicted octanol–water partition coefficient (Wildman–Crippen LogP) is 1.07. The van der Waals surface area contributed by atoms with Crippen LogP contribution in [0.2, 0.25) is 5.02 Å². The third-order valence-electron chi connectivity index (χ3n) is 1.88. The second-order valence-electron chi connectivity index (χ2n) is 2.98. The number of aromatic hydroxyl groups is 2. The van der Waals surface area contributed by atoms with Crippen LogP contribution in [-0.2, 0) is 4.79 Å². The molecule has 0 saturated carbocycles. The standard InChI is InChI=1S/C10H10ClNO4/c1-2-12-10(16)8(14)5-3-4-6(13)9(15)7(5)11/h3-4,13,15H,2H2,1H3,(H,12,16). The van der Waals surface area contributed by atoms with Gasteiger partial charge in [-0.25, -0.2) is 0 Å². The number of amides is 1. The van der Waals surface area contributed by atoms with Crippen molar-refractivity contribution in [3.63, 3.8) is 0 Å². The van der Waals surface area contributed by atoms with Gasteiger partial charge >= 0.3 is 0 Å². The van der Waals surface area contributed by atoms with Crippen molar-refractivity contribution in [1.82, 2.24) is 5.32 Å². The molecule has 1 aromatic carbocycles. The number of likely N-dealkylation sites (N-methyl/N-ethyl adjacent to an activating group) is 1. The molecule has 0 aliphatic carbocycles. The van der Waals surface area contributed by atoms with Gasteiger partial charge in [0.25, 0.3) is 11.7 Å². The van der Waals surface area contributed by atoms with E-state index in [4.69, 9.17) is 16.7 Å². The zero-order chi connectivity index (χ0) is 12.3. The number of phenolic OH excluding ortho intramolecular Hbond substituents is 2. The maximum atomic E-state index is 11.5. The van der Waals surface area contributed by atoms with Gasteiger partial charge in [-0.1, -0.05) is 11.6 Å². The summed E-state index contributed by atoms with van der Waals surface area (Å²) in [5, 5.41) is 20.4. The fourth-order valence-electron chi connectivity index (χ4n) is 1.09. The van der Waals surface area contributed by atoms with Gasteiger partial charge in [-0.3, -0.25) is 9.59 Å². The summed E-state index contributed by atoms with van der Waals surface area (Å²) in [4.78, 5) is 22.8. The van der Waals surface area contributed by atoms with Gasteiger partial charge in [0.15, 0.2) is 11.5 Å². The minimum Gasteiger partial charge on any atom is -0.504 e. The summed E-state index contributed by atoms with van der Waals surface area (Å²) in [7, 11) is 0. The Morgan fingerprint density at radius 2 is 2.00 bits per heavy atom. The molecule has 1 rings (SSSR count). The molecule has 0 aliphatic rings. The molecule has 0 radical (unpaired) electrons. The average molecular weight is 244 g/mol. The number of carbonyl (C=O) groups excluding carboxylic acids is 2. The van der Waals surface area contributed by atoms with Crippen LogP contribution in [0.4, 0.5) is 0 Å². The van der Waals surface area contributed by atoms with Crippen LogP contribution in [0.3, 0.4) is 0 Å². The Labute approximate surface area is 96.7 Å². The van der Waals surface area contributed by atoms with E-state index in [1.165, 1.54) is 6.07 Å². The molecule has 1 amide bonds. The van der Waals surface area contributed by atoms with Crippen LogP contribution in [0.5, 0.6) is 11.5 Å². The summed E-state index contributed by atoms with van der Waals surface area (Å²) < 4.78 is 0. The molecule has 0 aliphatic heterocycles. The molecule has 16 heavy (non-hydrogen) atoms. The molecule has 0 saturated heterocycles. The van der Waals surface area contributed by atoms with Gasteiger partial charge in [-0.05, 0) is 19.1 Å². The molecule has 0 fully saturated rings. The van der Waals surface area contributed by atoms with Gasteiger partial charge in [0, 0.05) is 6.54 Å². The average Bonchev–Trinajstić information content (AvgIpc) is 2.26. The third kappa shape index (κ3) is 2.25. The molecular formula is C10H10ClNO4. The molecule has 0 spiro atoms. The van der Waals surface area contributed by atoms with Crippen LogP contribution in [-0.4, -0.2) is 28.4 Å². The Bertz CT molecular complexity index is 445. The summed E-state index contributed by atoms with van der Waals surface area (Å²) in [5.41, 5.74) is -0.150. The fraction of sp³-hybridized carbons (Fsp3) is 0.200. The molecule has 86 valence electrons. The second kappa shape index (κ2) is 4.85. The summed E-state index contributed by atoms with van der Waals surface area (Å²) in [6.45, 7) is 1.98. The summed E-state index contributed by atoms with van der Waals surface area (Å²) in [6.07, 6.45) is 0. The lowest BCUT2D eigenvalue weighted by Crippen LogP contribution is -2.30. The third-order valence-corrected chi connectivity index (χ3v) is 2.27. The summed E-state index contributed by atoms with van der Waals surface area (Å²) in [5.74, 6) is -2.73. The number of ketones is 1. The number of phenols is 2. The van der Waals surface area contributed by atoms with Crippen LogP contribution >= 0.6 is 11.6 Å². The van der Waals surface area contributed by atoms with Crippen molar-refractivity contribution in [2.75, 3.05) is 6.54 Å². The van der Waals surface area contributed by atoms with E-state index in [1.807, 2.05) is 0 Å². The number of hydrogen-bond donors (Lipinski definition) is 3. The Balaban J connectivity index is 3.10. The maximum absolute atomic E-state index is 11.5. The summed E-state index contributed by atoms with van der Waals surface area (Å²) >= 11 is 5.63. The number of benzene rings is 1. The number of halogens is 1. The smallest absolute Gasteiger partial charge is 0.292 e. The zero-order valence-electron chi connectivity index (χ0n) is 8.45. The molecule has 3 N–H and O–H groups in total. The van der Waals surface area contributed by atoms with Gasteiger partial charge in [-0.15, -0.1) is 0 Å². The molecular weight excluding hydrogens is 234 g/mol. The van der Waals surface area contributed by atoms with Crippen molar-refractivity contribution < 1.29 is 19.8 Å². The SMILES string of the molecule is CCNC(=O)C(=O)c1ccc(O)c(O)c1Cl. The number of hydrogen-bond acceptors (Lipinski definition) is 4. The lowest BCUT2D eigenvalue weighted by atomic mass is 10.1. The molecule has 5 nitrogen and oxygen atoms in total. The fourth-order valence-corrected chi connectivity index (χ4v) is 1.34. The van der Waals surface area contributed by atoms with Gasteiger partial charge in [0.1, 0.15) is 0 Å². The first kappa shape index (κ1) is 12.3. The van der Waals surface area contributed by atoms with Crippen LogP contribution in [0.25, 0.3) is 0 Å². The van der Waals surface area contributed by atoms with Crippen LogP contribution in [0.15, 0.2) is 12.1 Å². The van der Waals surface area contributed by atoms with Crippen LogP contribution in [0.1, 0.15) is 17.3 Å². The van der Waals surface area contributed by atoms with Crippen molar-refractivity contribution in [3.05, 3.63) is 22.7 Å². The van der Waals surface area contributed by atoms with Crippen LogP contribution < -0.4 is 5.32 Å². The summed E-state index contributed by atoms with van der Waals surface area (Å²) in [6, 6.07) is 2.27. The first-order chi connectivity index (χ1) is 7.49. The van der Waals surface area contributed by atoms with E-state index < -0.39 is 23.2 Å². The highest BCUT2D eigenvalue weighted by atomic mass is 35.5. The highest BCUT2D eigenvalue weighted by Crippen LogP contribution is 2.35. The number of carbonyl (C=O) groups is 2. The lowest BCUT2D eigenvalue weighted by Gasteiger charge is -2.06. The van der Waals surface area contributed by atoms with E-state index in [0.717, 1.165) is 6.07 Å². The molecule has 0 heterocycles. The van der Waals surface area contributed by atoms with Crippen molar-refractivity contribution in [2.45, 2.75) is 6.92 Å². The van der Waals surface area contributed by atoms with E-state index in [1.54, 1.807) is 6.92 Å². The molecule has 6 heteroatoms. The van der Waals surface area contributed by atoms with Crippen molar-refractivity contribution in [2.24, 2.45) is 0 Å². The Hall–Kier alpha value is -1.75. The van der Waals surface area contributed by atoms with E-state index in [-0.39, 0.29) is 10.6 Å². The number of Topliss-reactive ketones (excluding diaryl/α,β-unsaturated/α-hetero) is 1. The van der Waals surface area contributed by atoms with E-state index in [2.05, 4.69) is 5.32 Å². The highest BCUT2D eigenvalue weighted by Gasteiger charge is 2.21. The van der Waals surface area contributed by atoms with E-state index in [0.29, 0.717) is 6.54 Å². The van der Waals surface area contributed by atoms with E-state index >= 15 is 0 Å². The van der Waals surface area contributed by atoms with Gasteiger partial charge in [-0.2, -0.15) is 0 Å². The van der Waals surface area contributed by atoms with Gasteiger partial charge in [0.2, 0.25) is 0 Å². The maximum Gasteiger partial charge on any atom is 0.292 e. The monoisotopic (exact) mass is 243 g/mol. The normalized spacial score (nSPS) is 9.88. The Morgan fingerprint density at radius 3 is 2.56 bits per heavy atom. The van der Waals surface area contributed by atoms with Crippen molar-refractivity contribution >= 4 is 23.3 Å². The molecule has 0 atom stereocenters. The minimum atomic E-state index is -0.859.